The van der Waals surface area contributed by atoms with Crippen molar-refractivity contribution in [3.63, 3.8) is 0 Å². The van der Waals surface area contributed by atoms with Crippen molar-refractivity contribution in [3.05, 3.63) is 40.7 Å². The molecule has 0 unspecified atom stereocenters. The summed E-state index contributed by atoms with van der Waals surface area (Å²) in [7, 11) is 0. The summed E-state index contributed by atoms with van der Waals surface area (Å²) < 4.78 is 27.2. The van der Waals surface area contributed by atoms with Crippen molar-refractivity contribution < 1.29 is 13.6 Å². The van der Waals surface area contributed by atoms with Crippen LogP contribution in [-0.2, 0) is 5.54 Å². The van der Waals surface area contributed by atoms with Crippen molar-refractivity contribution in [2.24, 2.45) is 0 Å². The van der Waals surface area contributed by atoms with Crippen molar-refractivity contribution in [3.8, 4) is 0 Å². The van der Waals surface area contributed by atoms with Crippen LogP contribution in [-0.4, -0.2) is 21.4 Å². The molecular formula is C16H18ClF2N3OS. The summed E-state index contributed by atoms with van der Waals surface area (Å²) in [5.41, 5.74) is 1.02. The minimum absolute atomic E-state index is 0.134. The van der Waals surface area contributed by atoms with Crippen LogP contribution in [0.1, 0.15) is 37.0 Å². The molecule has 2 rings (SSSR count). The van der Waals surface area contributed by atoms with Gasteiger partial charge in [0.15, 0.2) is 5.69 Å². The number of amides is 1. The number of aryl methyl sites for hydroxylation is 1. The first-order valence-electron chi connectivity index (χ1n) is 7.21. The molecule has 0 atom stereocenters. The Labute approximate surface area is 148 Å². The van der Waals surface area contributed by atoms with Gasteiger partial charge in [0.1, 0.15) is 0 Å². The van der Waals surface area contributed by atoms with Gasteiger partial charge in [-0.3, -0.25) is 9.48 Å². The number of hydrogen-bond acceptors (Lipinski definition) is 3. The van der Waals surface area contributed by atoms with Gasteiger partial charge in [-0.15, -0.1) is 0 Å². The third-order valence-corrected chi connectivity index (χ3v) is 4.46. The average Bonchev–Trinajstić information content (AvgIpc) is 2.84. The first kappa shape index (κ1) is 18.7. The van der Waals surface area contributed by atoms with Crippen LogP contribution in [0, 0.1) is 6.92 Å². The first-order valence-corrected chi connectivity index (χ1v) is 8.47. The Kier molecular flexibility index (Phi) is 5.55. The molecule has 0 saturated carbocycles. The second-order valence-electron chi connectivity index (χ2n) is 6.20. The van der Waals surface area contributed by atoms with Gasteiger partial charge >= 0.3 is 0 Å². The van der Waals surface area contributed by atoms with E-state index in [1.165, 1.54) is 12.1 Å². The zero-order valence-electron chi connectivity index (χ0n) is 13.7. The Bertz CT molecular complexity index is 756. The largest absolute Gasteiger partial charge is 0.319 e. The van der Waals surface area contributed by atoms with Crippen LogP contribution in [0.15, 0.2) is 29.2 Å². The first-order chi connectivity index (χ1) is 11.1. The number of benzene rings is 1. The van der Waals surface area contributed by atoms with E-state index in [0.29, 0.717) is 11.8 Å². The number of carbonyl (C=O) groups is 1. The topological polar surface area (TPSA) is 46.9 Å². The molecule has 24 heavy (non-hydrogen) atoms. The summed E-state index contributed by atoms with van der Waals surface area (Å²) in [6, 6.07) is 6.28. The Morgan fingerprint density at radius 2 is 2.04 bits per heavy atom. The number of alkyl halides is 2. The molecule has 0 aliphatic heterocycles. The maximum Gasteiger partial charge on any atom is 0.289 e. The fraction of sp³-hybridized carbons (Fsp3) is 0.375. The molecule has 0 saturated heterocycles. The number of halogens is 3. The Morgan fingerprint density at radius 1 is 1.38 bits per heavy atom. The van der Waals surface area contributed by atoms with Crippen molar-refractivity contribution in [2.45, 2.75) is 43.9 Å². The normalized spacial score (nSPS) is 11.8. The number of nitrogens with one attached hydrogen (secondary N) is 1. The quantitative estimate of drug-likeness (QED) is 0.752. The third-order valence-electron chi connectivity index (χ3n) is 3.18. The monoisotopic (exact) mass is 373 g/mol. The van der Waals surface area contributed by atoms with E-state index in [2.05, 4.69) is 10.4 Å². The number of thioether (sulfide) groups is 1. The highest BCUT2D eigenvalue weighted by molar-refractivity contribution is 7.99. The van der Waals surface area contributed by atoms with E-state index >= 15 is 0 Å². The van der Waals surface area contributed by atoms with Crippen LogP contribution >= 0.6 is 23.4 Å². The van der Waals surface area contributed by atoms with E-state index in [0.717, 1.165) is 5.69 Å². The summed E-state index contributed by atoms with van der Waals surface area (Å²) in [5.74, 6) is -3.11. The van der Waals surface area contributed by atoms with Crippen molar-refractivity contribution in [1.82, 2.24) is 9.78 Å². The van der Waals surface area contributed by atoms with Crippen molar-refractivity contribution in [2.75, 3.05) is 5.32 Å². The lowest BCUT2D eigenvalue weighted by molar-refractivity contribution is 0.102. The molecule has 0 radical (unpaired) electrons. The van der Waals surface area contributed by atoms with E-state index in [1.807, 2.05) is 27.7 Å². The molecule has 4 nitrogen and oxygen atoms in total. The molecule has 0 spiro atoms. The molecule has 2 aromatic rings. The molecule has 0 fully saturated rings. The number of aromatic nitrogens is 2. The van der Waals surface area contributed by atoms with Gasteiger partial charge in [-0.05, 0) is 45.9 Å². The van der Waals surface area contributed by atoms with E-state index in [4.69, 9.17) is 11.6 Å². The van der Waals surface area contributed by atoms with Gasteiger partial charge in [0.25, 0.3) is 11.7 Å². The van der Waals surface area contributed by atoms with Crippen LogP contribution in [0.3, 0.4) is 0 Å². The molecule has 1 amide bonds. The average molecular weight is 374 g/mol. The summed E-state index contributed by atoms with van der Waals surface area (Å²) >= 11 is 6.26. The van der Waals surface area contributed by atoms with Crippen LogP contribution < -0.4 is 5.32 Å². The predicted molar refractivity (Wildman–Crippen MR) is 93.2 cm³/mol. The van der Waals surface area contributed by atoms with Gasteiger partial charge in [0, 0.05) is 5.69 Å². The molecule has 0 aliphatic rings. The Morgan fingerprint density at radius 3 is 2.58 bits per heavy atom. The number of hydrogen-bond donors (Lipinski definition) is 1. The van der Waals surface area contributed by atoms with Gasteiger partial charge in [0.05, 0.1) is 21.1 Å². The minimum atomic E-state index is -2.64. The Balaban J connectivity index is 2.29. The zero-order chi connectivity index (χ0) is 18.1. The van der Waals surface area contributed by atoms with E-state index in [-0.39, 0.29) is 26.8 Å². The molecule has 1 N–H and O–H groups in total. The number of nitrogens with zero attached hydrogens (tertiary/aromatic N) is 2. The lowest BCUT2D eigenvalue weighted by Gasteiger charge is -2.21. The maximum absolute atomic E-state index is 12.7. The lowest BCUT2D eigenvalue weighted by Crippen LogP contribution is -2.25. The number of rotatable bonds is 4. The van der Waals surface area contributed by atoms with Gasteiger partial charge in [-0.2, -0.15) is 13.9 Å². The third kappa shape index (κ3) is 4.27. The fourth-order valence-electron chi connectivity index (χ4n) is 2.27. The molecule has 0 bridgehead atoms. The summed E-state index contributed by atoms with van der Waals surface area (Å²) in [6.07, 6.45) is 0. The highest BCUT2D eigenvalue weighted by Gasteiger charge is 2.21. The van der Waals surface area contributed by atoms with Gasteiger partial charge < -0.3 is 5.32 Å². The number of anilines is 1. The van der Waals surface area contributed by atoms with Crippen molar-refractivity contribution >= 4 is 35.0 Å². The standard InChI is InChI=1S/C16H18ClF2N3OS/c1-9-8-12(21-22(9)16(2,3)4)14(23)20-11-7-5-6-10(17)13(11)24-15(18)19/h5-8,15H,1-4H3,(H,20,23). The van der Waals surface area contributed by atoms with Gasteiger partial charge in [-0.25, -0.2) is 0 Å². The highest BCUT2D eigenvalue weighted by Crippen LogP contribution is 2.37. The second-order valence-corrected chi connectivity index (χ2v) is 7.61. The lowest BCUT2D eigenvalue weighted by atomic mass is 10.1. The summed E-state index contributed by atoms with van der Waals surface area (Å²) in [6.45, 7) is 7.78. The molecular weight excluding hydrogens is 356 g/mol. The molecule has 1 aromatic carbocycles. The van der Waals surface area contributed by atoms with Crippen LogP contribution in [0.5, 0.6) is 0 Å². The Hall–Kier alpha value is -1.60. The smallest absolute Gasteiger partial charge is 0.289 e. The van der Waals surface area contributed by atoms with E-state index < -0.39 is 11.7 Å². The van der Waals surface area contributed by atoms with Crippen LogP contribution in [0.4, 0.5) is 14.5 Å². The molecule has 8 heteroatoms. The van der Waals surface area contributed by atoms with Crippen molar-refractivity contribution in [1.29, 1.82) is 0 Å². The number of carbonyl (C=O) groups excluding carboxylic acids is 1. The van der Waals surface area contributed by atoms with E-state index in [1.54, 1.807) is 16.8 Å². The molecule has 130 valence electrons. The molecule has 1 aromatic heterocycles. The van der Waals surface area contributed by atoms with Crippen LogP contribution in [0.25, 0.3) is 0 Å². The second kappa shape index (κ2) is 7.11. The van der Waals surface area contributed by atoms with E-state index in [9.17, 15) is 13.6 Å². The summed E-state index contributed by atoms with van der Waals surface area (Å²) in [4.78, 5) is 12.6. The van der Waals surface area contributed by atoms with Gasteiger partial charge in [-0.1, -0.05) is 29.4 Å². The predicted octanol–water partition coefficient (Wildman–Crippen LogP) is 5.17. The zero-order valence-corrected chi connectivity index (χ0v) is 15.3. The summed E-state index contributed by atoms with van der Waals surface area (Å²) in [5, 5.41) is 7.08. The molecule has 1 heterocycles. The SMILES string of the molecule is Cc1cc(C(=O)Nc2cccc(Cl)c2SC(F)F)nn1C(C)(C)C. The van der Waals surface area contributed by atoms with Gasteiger partial charge in [0.2, 0.25) is 0 Å². The highest BCUT2D eigenvalue weighted by atomic mass is 35.5. The maximum atomic E-state index is 12.7. The van der Waals surface area contributed by atoms with Crippen LogP contribution in [0.2, 0.25) is 5.02 Å². The molecule has 0 aliphatic carbocycles. The fourth-order valence-corrected chi connectivity index (χ4v) is 3.18. The minimum Gasteiger partial charge on any atom is -0.319 e.